The van der Waals surface area contributed by atoms with E-state index in [1.165, 1.54) is 22.5 Å². The van der Waals surface area contributed by atoms with Gasteiger partial charge in [0.1, 0.15) is 12.4 Å². The minimum atomic E-state index is -0.0743. The van der Waals surface area contributed by atoms with Gasteiger partial charge < -0.3 is 10.1 Å². The van der Waals surface area contributed by atoms with Gasteiger partial charge in [-0.3, -0.25) is 4.79 Å². The Morgan fingerprint density at radius 1 is 1.11 bits per heavy atom. The van der Waals surface area contributed by atoms with Gasteiger partial charge in [-0.25, -0.2) is 0 Å². The first-order valence-corrected chi connectivity index (χ1v) is 10.0. The Hall–Kier alpha value is -2.59. The van der Waals surface area contributed by atoms with Crippen LogP contribution in [0.3, 0.4) is 0 Å². The van der Waals surface area contributed by atoms with Gasteiger partial charge in [-0.2, -0.15) is 0 Å². The number of hydrogen-bond donors (Lipinski definition) is 1. The fourth-order valence-corrected chi connectivity index (χ4v) is 3.81. The summed E-state index contributed by atoms with van der Waals surface area (Å²) < 4.78 is 6.01. The van der Waals surface area contributed by atoms with Gasteiger partial charge in [0.05, 0.1) is 4.88 Å². The third-order valence-electron chi connectivity index (χ3n) is 4.68. The van der Waals surface area contributed by atoms with Gasteiger partial charge in [0, 0.05) is 11.3 Å². The smallest absolute Gasteiger partial charge is 0.265 e. The number of benzene rings is 2. The topological polar surface area (TPSA) is 38.3 Å². The SMILES string of the molecule is CCc1ccccc1NC(=O)c1cc(COc2cc(C)cc(C)c2C)cs1. The Morgan fingerprint density at radius 3 is 2.67 bits per heavy atom. The second-order valence-corrected chi connectivity index (χ2v) is 7.69. The molecular weight excluding hydrogens is 354 g/mol. The predicted octanol–water partition coefficient (Wildman–Crippen LogP) is 6.07. The van der Waals surface area contributed by atoms with E-state index in [2.05, 4.69) is 45.1 Å². The van der Waals surface area contributed by atoms with E-state index in [0.717, 1.165) is 34.5 Å². The molecule has 3 nitrogen and oxygen atoms in total. The van der Waals surface area contributed by atoms with Crippen LogP contribution in [0.25, 0.3) is 0 Å². The molecule has 3 aromatic rings. The maximum Gasteiger partial charge on any atom is 0.265 e. The minimum Gasteiger partial charge on any atom is -0.489 e. The second-order valence-electron chi connectivity index (χ2n) is 6.78. The van der Waals surface area contributed by atoms with Crippen molar-refractivity contribution in [2.24, 2.45) is 0 Å². The summed E-state index contributed by atoms with van der Waals surface area (Å²) in [5.41, 5.74) is 6.59. The maximum atomic E-state index is 12.6. The number of aryl methyl sites for hydroxylation is 3. The molecule has 0 atom stereocenters. The maximum absolute atomic E-state index is 12.6. The van der Waals surface area contributed by atoms with Crippen molar-refractivity contribution in [2.45, 2.75) is 40.7 Å². The Bertz CT molecular complexity index is 959. The molecule has 3 rings (SSSR count). The van der Waals surface area contributed by atoms with Crippen molar-refractivity contribution >= 4 is 22.9 Å². The lowest BCUT2D eigenvalue weighted by molar-refractivity contribution is 0.103. The number of carbonyl (C=O) groups excluding carboxylic acids is 1. The van der Waals surface area contributed by atoms with Gasteiger partial charge in [-0.15, -0.1) is 11.3 Å². The standard InChI is InChI=1S/C23H25NO2S/c1-5-19-8-6-7-9-20(19)24-23(25)22-12-18(14-27-22)13-26-21-11-15(2)10-16(3)17(21)4/h6-12,14H,5,13H2,1-4H3,(H,24,25). The van der Waals surface area contributed by atoms with Gasteiger partial charge in [0.2, 0.25) is 0 Å². The molecule has 4 heteroatoms. The van der Waals surface area contributed by atoms with Crippen molar-refractivity contribution in [1.29, 1.82) is 0 Å². The zero-order valence-corrected chi connectivity index (χ0v) is 17.1. The van der Waals surface area contributed by atoms with E-state index in [-0.39, 0.29) is 5.91 Å². The van der Waals surface area contributed by atoms with Crippen LogP contribution in [0.5, 0.6) is 5.75 Å². The largest absolute Gasteiger partial charge is 0.489 e. The van der Waals surface area contributed by atoms with Crippen LogP contribution in [0.1, 0.15) is 44.4 Å². The molecule has 0 aliphatic carbocycles. The van der Waals surface area contributed by atoms with E-state index in [1.54, 1.807) is 0 Å². The molecule has 1 N–H and O–H groups in total. The van der Waals surface area contributed by atoms with Crippen molar-refractivity contribution in [2.75, 3.05) is 5.32 Å². The summed E-state index contributed by atoms with van der Waals surface area (Å²) in [5.74, 6) is 0.830. The fourth-order valence-electron chi connectivity index (χ4n) is 3.02. The number of thiophene rings is 1. The van der Waals surface area contributed by atoms with E-state index >= 15 is 0 Å². The summed E-state index contributed by atoms with van der Waals surface area (Å²) in [6.07, 6.45) is 0.884. The lowest BCUT2D eigenvalue weighted by Crippen LogP contribution is -2.11. The predicted molar refractivity (Wildman–Crippen MR) is 113 cm³/mol. The van der Waals surface area contributed by atoms with Crippen molar-refractivity contribution in [1.82, 2.24) is 0 Å². The van der Waals surface area contributed by atoms with Crippen LogP contribution in [0.4, 0.5) is 5.69 Å². The summed E-state index contributed by atoms with van der Waals surface area (Å²) in [7, 11) is 0. The molecule has 1 aromatic heterocycles. The van der Waals surface area contributed by atoms with Crippen LogP contribution in [0, 0.1) is 20.8 Å². The lowest BCUT2D eigenvalue weighted by Gasteiger charge is -2.11. The average Bonchev–Trinajstić information content (AvgIpc) is 3.13. The van der Waals surface area contributed by atoms with Crippen LogP contribution in [-0.2, 0) is 13.0 Å². The highest BCUT2D eigenvalue weighted by Crippen LogP contribution is 2.25. The van der Waals surface area contributed by atoms with Crippen LogP contribution >= 0.6 is 11.3 Å². The summed E-state index contributed by atoms with van der Waals surface area (Å²) in [6.45, 7) is 8.78. The molecule has 0 aliphatic rings. The Balaban J connectivity index is 1.67. The number of ether oxygens (including phenoxy) is 1. The third kappa shape index (κ3) is 4.58. The summed E-state index contributed by atoms with van der Waals surface area (Å²) in [5, 5.41) is 5.00. The van der Waals surface area contributed by atoms with Crippen LogP contribution in [-0.4, -0.2) is 5.91 Å². The molecule has 2 aromatic carbocycles. The van der Waals surface area contributed by atoms with E-state index in [4.69, 9.17) is 4.74 Å². The van der Waals surface area contributed by atoms with Gasteiger partial charge in [-0.05, 0) is 73.0 Å². The Morgan fingerprint density at radius 2 is 1.89 bits per heavy atom. The monoisotopic (exact) mass is 379 g/mol. The fraction of sp³-hybridized carbons (Fsp3) is 0.261. The van der Waals surface area contributed by atoms with Crippen molar-refractivity contribution in [3.63, 3.8) is 0 Å². The van der Waals surface area contributed by atoms with Crippen LogP contribution < -0.4 is 10.1 Å². The highest BCUT2D eigenvalue weighted by Gasteiger charge is 2.12. The first-order chi connectivity index (χ1) is 13.0. The van der Waals surface area contributed by atoms with Crippen LogP contribution in [0.2, 0.25) is 0 Å². The first-order valence-electron chi connectivity index (χ1n) is 9.15. The van der Waals surface area contributed by atoms with E-state index < -0.39 is 0 Å². The number of anilines is 1. The highest BCUT2D eigenvalue weighted by atomic mass is 32.1. The van der Waals surface area contributed by atoms with Gasteiger partial charge in [0.25, 0.3) is 5.91 Å². The molecule has 0 unspecified atom stereocenters. The molecular formula is C23H25NO2S. The number of nitrogens with one attached hydrogen (secondary N) is 1. The third-order valence-corrected chi connectivity index (χ3v) is 5.66. The number of hydrogen-bond acceptors (Lipinski definition) is 3. The normalized spacial score (nSPS) is 10.7. The molecule has 1 heterocycles. The summed E-state index contributed by atoms with van der Waals surface area (Å²) in [4.78, 5) is 13.3. The van der Waals surface area contributed by atoms with Gasteiger partial charge in [0.15, 0.2) is 0 Å². The van der Waals surface area contributed by atoms with Gasteiger partial charge in [-0.1, -0.05) is 31.2 Å². The van der Waals surface area contributed by atoms with E-state index in [9.17, 15) is 4.79 Å². The molecule has 27 heavy (non-hydrogen) atoms. The molecule has 0 saturated carbocycles. The van der Waals surface area contributed by atoms with Crippen LogP contribution in [0.15, 0.2) is 47.8 Å². The van der Waals surface area contributed by atoms with Crippen molar-refractivity contribution in [3.8, 4) is 5.75 Å². The molecule has 140 valence electrons. The Kier molecular flexibility index (Phi) is 5.97. The van der Waals surface area contributed by atoms with Crippen molar-refractivity contribution in [3.05, 3.63) is 80.5 Å². The van der Waals surface area contributed by atoms with E-state index in [1.807, 2.05) is 35.7 Å². The average molecular weight is 380 g/mol. The lowest BCUT2D eigenvalue weighted by atomic mass is 10.1. The van der Waals surface area contributed by atoms with Gasteiger partial charge >= 0.3 is 0 Å². The number of rotatable bonds is 6. The molecule has 0 aliphatic heterocycles. The molecule has 1 amide bonds. The quantitative estimate of drug-likeness (QED) is 0.565. The molecule has 0 saturated heterocycles. The molecule has 0 spiro atoms. The van der Waals surface area contributed by atoms with Crippen molar-refractivity contribution < 1.29 is 9.53 Å². The molecule has 0 radical (unpaired) electrons. The molecule has 0 bridgehead atoms. The summed E-state index contributed by atoms with van der Waals surface area (Å²) in [6, 6.07) is 14.0. The first kappa shape index (κ1) is 19.2. The Labute approximate surface area is 165 Å². The highest BCUT2D eigenvalue weighted by molar-refractivity contribution is 7.12. The number of para-hydroxylation sites is 1. The zero-order chi connectivity index (χ0) is 19.4. The number of carbonyl (C=O) groups is 1. The van der Waals surface area contributed by atoms with E-state index in [0.29, 0.717) is 11.5 Å². The summed E-state index contributed by atoms with van der Waals surface area (Å²) >= 11 is 1.44. The second kappa shape index (κ2) is 8.40. The molecule has 0 fully saturated rings. The number of amides is 1. The zero-order valence-electron chi connectivity index (χ0n) is 16.3. The minimum absolute atomic E-state index is 0.0743.